The third-order valence-electron chi connectivity index (χ3n) is 6.20. The largest absolute Gasteiger partial charge is 0.444 e. The minimum Gasteiger partial charge on any atom is -0.444 e. The second-order valence-electron chi connectivity index (χ2n) is 9.36. The molecule has 1 heterocycles. The van der Waals surface area contributed by atoms with Crippen LogP contribution >= 0.6 is 0 Å². The van der Waals surface area contributed by atoms with Crippen LogP contribution in [0.1, 0.15) is 153 Å². The molecule has 0 saturated carbocycles. The van der Waals surface area contributed by atoms with Crippen LogP contribution in [0.5, 0.6) is 0 Å². The van der Waals surface area contributed by atoms with Gasteiger partial charge < -0.3 is 19.5 Å². The summed E-state index contributed by atoms with van der Waals surface area (Å²) in [5, 5.41) is 2.85. The van der Waals surface area contributed by atoms with Crippen molar-refractivity contribution < 1.29 is 19.0 Å². The topological polar surface area (TPSA) is 56.8 Å². The molecular weight excluding hydrogens is 438 g/mol. The maximum atomic E-state index is 11.8. The first-order chi connectivity index (χ1) is 15.1. The minimum absolute atomic E-state index is 0. The Morgan fingerprint density at radius 2 is 1.23 bits per heavy atom. The van der Waals surface area contributed by atoms with Gasteiger partial charge in [-0.2, -0.15) is 0 Å². The van der Waals surface area contributed by atoms with Gasteiger partial charge in [-0.15, -0.1) is 0 Å². The number of unbranched alkanes of at least 4 members (excludes halogenated alkanes) is 15. The molecule has 1 fully saturated rings. The van der Waals surface area contributed by atoms with Gasteiger partial charge in [0.15, 0.2) is 0 Å². The molecule has 1 aliphatic rings. The molecule has 35 heavy (non-hydrogen) atoms. The third kappa shape index (κ3) is 24.7. The Morgan fingerprint density at radius 1 is 0.800 bits per heavy atom. The van der Waals surface area contributed by atoms with Gasteiger partial charge in [0, 0.05) is 6.54 Å². The highest BCUT2D eigenvalue weighted by molar-refractivity contribution is 5.67. The number of carbonyl (C=O) groups is 1. The molecule has 3 unspecified atom stereocenters. The maximum Gasteiger partial charge on any atom is 0.407 e. The van der Waals surface area contributed by atoms with Crippen molar-refractivity contribution in [2.24, 2.45) is 0 Å². The number of nitrogens with one attached hydrogen (secondary N) is 1. The second-order valence-corrected chi connectivity index (χ2v) is 9.36. The monoisotopic (exact) mass is 506 g/mol. The predicted molar refractivity (Wildman–Crippen MR) is 156 cm³/mol. The van der Waals surface area contributed by atoms with E-state index in [2.05, 4.69) is 12.2 Å². The molecule has 1 saturated heterocycles. The Labute approximate surface area is 221 Å². The van der Waals surface area contributed by atoms with Crippen molar-refractivity contribution in [2.75, 3.05) is 19.8 Å². The SMILES string of the molecule is C.C.C.C.CCCCCCCCCCCCCCCCCCNC(=O)OC(C)COC1COC1C. The minimum atomic E-state index is -0.338. The van der Waals surface area contributed by atoms with Crippen LogP contribution in [0, 0.1) is 0 Å². The van der Waals surface area contributed by atoms with E-state index in [0.717, 1.165) is 6.42 Å². The van der Waals surface area contributed by atoms with Crippen LogP contribution < -0.4 is 5.32 Å². The van der Waals surface area contributed by atoms with E-state index in [1.54, 1.807) is 0 Å². The van der Waals surface area contributed by atoms with Crippen LogP contribution in [0.4, 0.5) is 4.79 Å². The smallest absolute Gasteiger partial charge is 0.407 e. The highest BCUT2D eigenvalue weighted by Gasteiger charge is 2.29. The van der Waals surface area contributed by atoms with Gasteiger partial charge in [0.1, 0.15) is 12.2 Å². The van der Waals surface area contributed by atoms with Gasteiger partial charge in [0.2, 0.25) is 0 Å². The van der Waals surface area contributed by atoms with Crippen LogP contribution in [-0.4, -0.2) is 44.2 Å². The Hall–Kier alpha value is -0.810. The van der Waals surface area contributed by atoms with Crippen molar-refractivity contribution >= 4 is 6.09 Å². The summed E-state index contributed by atoms with van der Waals surface area (Å²) < 4.78 is 16.2. The molecule has 1 rings (SSSR count). The van der Waals surface area contributed by atoms with E-state index >= 15 is 0 Å². The fraction of sp³-hybridized carbons (Fsp3) is 0.967. The summed E-state index contributed by atoms with van der Waals surface area (Å²) in [7, 11) is 0. The van der Waals surface area contributed by atoms with Gasteiger partial charge in [-0.3, -0.25) is 0 Å². The summed E-state index contributed by atoms with van der Waals surface area (Å²) in [5.74, 6) is 0. The Bertz CT molecular complexity index is 419. The molecule has 0 aromatic carbocycles. The number of hydrogen-bond acceptors (Lipinski definition) is 4. The molecule has 0 aliphatic carbocycles. The van der Waals surface area contributed by atoms with Gasteiger partial charge in [-0.25, -0.2) is 4.79 Å². The fourth-order valence-corrected chi connectivity index (χ4v) is 3.93. The van der Waals surface area contributed by atoms with E-state index in [-0.39, 0.29) is 54.1 Å². The molecule has 0 bridgehead atoms. The molecule has 0 radical (unpaired) electrons. The molecular formula is C30H67NO4. The lowest BCUT2D eigenvalue weighted by Gasteiger charge is -2.34. The van der Waals surface area contributed by atoms with E-state index < -0.39 is 0 Å². The lowest BCUT2D eigenvalue weighted by molar-refractivity contribution is -0.187. The van der Waals surface area contributed by atoms with Crippen LogP contribution in [-0.2, 0) is 14.2 Å². The first-order valence-corrected chi connectivity index (χ1v) is 13.3. The molecule has 0 aromatic rings. The molecule has 1 amide bonds. The third-order valence-corrected chi connectivity index (χ3v) is 6.20. The number of rotatable bonds is 21. The molecule has 5 heteroatoms. The standard InChI is InChI=1S/C26H51NO4.4CH4/c1-4-5-6-7-8-9-10-11-12-13-14-15-16-17-18-19-20-27-26(28)31-23(2)21-30-25-22-29-24(25)3;;;;/h23-25H,4-22H2,1-3H3,(H,27,28);4*1H4. The summed E-state index contributed by atoms with van der Waals surface area (Å²) in [5.41, 5.74) is 0. The quantitative estimate of drug-likeness (QED) is 0.158. The van der Waals surface area contributed by atoms with Crippen LogP contribution in [0.3, 0.4) is 0 Å². The van der Waals surface area contributed by atoms with Crippen LogP contribution in [0.2, 0.25) is 0 Å². The number of ether oxygens (including phenoxy) is 3. The summed E-state index contributed by atoms with van der Waals surface area (Å²) in [6.45, 7) is 7.88. The van der Waals surface area contributed by atoms with Crippen molar-refractivity contribution in [2.45, 2.75) is 172 Å². The Balaban J connectivity index is -0.00000120. The number of amides is 1. The normalized spacial score (nSPS) is 16.9. The van der Waals surface area contributed by atoms with E-state index in [4.69, 9.17) is 14.2 Å². The van der Waals surface area contributed by atoms with Gasteiger partial charge in [0.05, 0.1) is 19.3 Å². The number of hydrogen-bond donors (Lipinski definition) is 1. The van der Waals surface area contributed by atoms with Gasteiger partial charge in [-0.05, 0) is 20.3 Å². The highest BCUT2D eigenvalue weighted by Crippen LogP contribution is 2.16. The molecule has 216 valence electrons. The highest BCUT2D eigenvalue weighted by atomic mass is 16.6. The zero-order valence-corrected chi connectivity index (χ0v) is 20.8. The van der Waals surface area contributed by atoms with Crippen LogP contribution in [0.25, 0.3) is 0 Å². The van der Waals surface area contributed by atoms with Crippen LogP contribution in [0.15, 0.2) is 0 Å². The summed E-state index contributed by atoms with van der Waals surface area (Å²) in [6.07, 6.45) is 21.4. The molecule has 1 N–H and O–H groups in total. The van der Waals surface area contributed by atoms with Crippen molar-refractivity contribution in [3.05, 3.63) is 0 Å². The number of alkyl carbamates (subject to hydrolysis) is 1. The summed E-state index contributed by atoms with van der Waals surface area (Å²) in [4.78, 5) is 11.8. The average Bonchev–Trinajstić information content (AvgIpc) is 2.74. The van der Waals surface area contributed by atoms with E-state index in [9.17, 15) is 4.79 Å². The summed E-state index contributed by atoms with van der Waals surface area (Å²) >= 11 is 0. The Morgan fingerprint density at radius 3 is 1.60 bits per heavy atom. The number of carbonyl (C=O) groups excluding carboxylic acids is 1. The Kier molecular flexibility index (Phi) is 34.7. The average molecular weight is 506 g/mol. The van der Waals surface area contributed by atoms with E-state index in [0.29, 0.717) is 19.8 Å². The van der Waals surface area contributed by atoms with Crippen molar-refractivity contribution in [1.29, 1.82) is 0 Å². The zero-order chi connectivity index (χ0) is 22.6. The van der Waals surface area contributed by atoms with Crippen molar-refractivity contribution in [3.63, 3.8) is 0 Å². The lowest BCUT2D eigenvalue weighted by Crippen LogP contribution is -2.46. The van der Waals surface area contributed by atoms with Gasteiger partial charge in [-0.1, -0.05) is 133 Å². The molecule has 3 atom stereocenters. The first-order valence-electron chi connectivity index (χ1n) is 13.3. The molecule has 1 aliphatic heterocycles. The zero-order valence-electron chi connectivity index (χ0n) is 20.8. The predicted octanol–water partition coefficient (Wildman–Crippen LogP) is 9.71. The fourth-order valence-electron chi connectivity index (χ4n) is 3.93. The molecule has 0 spiro atoms. The van der Waals surface area contributed by atoms with E-state index in [1.165, 1.54) is 96.3 Å². The van der Waals surface area contributed by atoms with Crippen molar-refractivity contribution in [3.8, 4) is 0 Å². The second kappa shape index (κ2) is 29.4. The van der Waals surface area contributed by atoms with Crippen molar-refractivity contribution in [1.82, 2.24) is 5.32 Å². The molecule has 0 aromatic heterocycles. The molecule has 5 nitrogen and oxygen atoms in total. The van der Waals surface area contributed by atoms with Gasteiger partial charge >= 0.3 is 6.09 Å². The van der Waals surface area contributed by atoms with Gasteiger partial charge in [0.25, 0.3) is 0 Å². The maximum absolute atomic E-state index is 11.8. The van der Waals surface area contributed by atoms with E-state index in [1.807, 2.05) is 13.8 Å². The lowest BCUT2D eigenvalue weighted by atomic mass is 10.0. The summed E-state index contributed by atoms with van der Waals surface area (Å²) in [6, 6.07) is 0. The first kappa shape index (κ1) is 41.3.